The smallest absolute Gasteiger partial charge is 0.550 e. The monoisotopic (exact) mass is 372 g/mol. The molecule has 0 bridgehead atoms. The van der Waals surface area contributed by atoms with Crippen LogP contribution in [0.15, 0.2) is 0 Å². The zero-order valence-electron chi connectivity index (χ0n) is 14.1. The van der Waals surface area contributed by atoms with Gasteiger partial charge in [-0.3, -0.25) is 4.55 Å². The van der Waals surface area contributed by atoms with Gasteiger partial charge in [-0.25, -0.2) is 0 Å². The summed E-state index contributed by atoms with van der Waals surface area (Å²) in [6.45, 7) is 3.66. The molecule has 0 aromatic heterocycles. The summed E-state index contributed by atoms with van der Waals surface area (Å²) in [6.07, 6.45) is 0.775. The Bertz CT molecular complexity index is 454. The van der Waals surface area contributed by atoms with E-state index in [1.807, 2.05) is 6.92 Å². The average molecular weight is 372 g/mol. The van der Waals surface area contributed by atoms with Crippen molar-refractivity contribution in [3.05, 3.63) is 0 Å². The maximum atomic E-state index is 11.4. The number of carbonyl (C=O) groups excluding carboxylic acids is 2. The van der Waals surface area contributed by atoms with E-state index in [0.29, 0.717) is 12.8 Å². The van der Waals surface area contributed by atoms with Crippen molar-refractivity contribution in [3.8, 4) is 0 Å². The van der Waals surface area contributed by atoms with E-state index in [-0.39, 0.29) is 70.5 Å². The molecule has 0 heterocycles. The van der Waals surface area contributed by atoms with Crippen molar-refractivity contribution >= 4 is 22.1 Å². The number of carboxylic acids is 2. The summed E-state index contributed by atoms with van der Waals surface area (Å²) in [5.74, 6) is -4.31. The molecule has 126 valence electrons. The predicted molar refractivity (Wildman–Crippen MR) is 70.4 cm³/mol. The zero-order chi connectivity index (χ0) is 16.0. The molecule has 0 radical (unpaired) electrons. The molecule has 8 nitrogen and oxygen atoms in total. The topological polar surface area (TPSA) is 166 Å². The van der Waals surface area contributed by atoms with E-state index in [1.54, 1.807) is 6.92 Å². The zero-order valence-corrected chi connectivity index (χ0v) is 18.9. The van der Waals surface area contributed by atoms with E-state index in [9.17, 15) is 32.8 Å². The second kappa shape index (κ2) is 14.0. The molecule has 23 heavy (non-hydrogen) atoms. The molecule has 2 atom stereocenters. The van der Waals surface area contributed by atoms with Crippen LogP contribution in [0.1, 0.15) is 52.4 Å². The molecule has 0 spiro atoms. The Morgan fingerprint density at radius 1 is 1.17 bits per heavy atom. The van der Waals surface area contributed by atoms with Crippen molar-refractivity contribution in [1.82, 2.24) is 0 Å². The second-order valence-corrected chi connectivity index (χ2v) is 6.66. The van der Waals surface area contributed by atoms with Gasteiger partial charge in [0, 0.05) is 12.4 Å². The third-order valence-electron chi connectivity index (χ3n) is 3.46. The van der Waals surface area contributed by atoms with E-state index in [0.717, 1.165) is 12.8 Å². The van der Waals surface area contributed by atoms with Crippen molar-refractivity contribution in [3.63, 3.8) is 0 Å². The molecule has 0 fully saturated rings. The summed E-state index contributed by atoms with van der Waals surface area (Å²) < 4.78 is 29.1. The van der Waals surface area contributed by atoms with Gasteiger partial charge in [0.25, 0.3) is 10.1 Å². The Balaban J connectivity index is -0.000000602. The largest absolute Gasteiger partial charge is 1.00 e. The van der Waals surface area contributed by atoms with Crippen molar-refractivity contribution in [2.24, 2.45) is 5.92 Å². The van der Waals surface area contributed by atoms with Crippen LogP contribution in [-0.2, 0) is 19.7 Å². The van der Waals surface area contributed by atoms with Crippen LogP contribution in [0.25, 0.3) is 0 Å². The summed E-state index contributed by atoms with van der Waals surface area (Å²) >= 11 is 0. The molecule has 0 aliphatic carbocycles. The summed E-state index contributed by atoms with van der Waals surface area (Å²) in [5.41, 5.74) is 0. The molecule has 0 saturated heterocycles. The van der Waals surface area contributed by atoms with Gasteiger partial charge >= 0.3 is 59.1 Å². The Labute approximate surface area is 181 Å². The molecule has 0 rings (SSSR count). The van der Waals surface area contributed by atoms with Gasteiger partial charge in [0.15, 0.2) is 0 Å². The van der Waals surface area contributed by atoms with Crippen LogP contribution in [-0.4, -0.2) is 35.1 Å². The van der Waals surface area contributed by atoms with E-state index in [1.165, 1.54) is 0 Å². The van der Waals surface area contributed by atoms with Crippen molar-refractivity contribution in [2.75, 3.05) is 0 Å². The SMILES string of the molecule is CCCCC(CC)CC(CC(=O)[O-])(C(=O)[O-])S(=O)(=O)O.O.[Na+].[Na+]. The standard InChI is InChI=1S/C12H22O7S.2Na.H2O/c1-3-5-6-9(4-2)7-12(11(15)16,8-10(13)14)20(17,18)19;;;/h9H,3-8H2,1-2H3,(H,13,14)(H,15,16)(H,17,18,19);;;1H2/q;2*+1;/p-2. The quantitative estimate of drug-likeness (QED) is 0.293. The number of hydrogen-bond donors (Lipinski definition) is 1. The minimum Gasteiger partial charge on any atom is -0.550 e. The normalized spacial score (nSPS) is 14.2. The van der Waals surface area contributed by atoms with Crippen LogP contribution in [0.5, 0.6) is 0 Å². The van der Waals surface area contributed by atoms with Crippen molar-refractivity contribution in [2.45, 2.75) is 57.1 Å². The third kappa shape index (κ3) is 9.76. The molecule has 0 aliphatic heterocycles. The first-order valence-corrected chi connectivity index (χ1v) is 7.93. The first kappa shape index (κ1) is 31.6. The Morgan fingerprint density at radius 2 is 1.65 bits per heavy atom. The second-order valence-electron chi connectivity index (χ2n) is 4.93. The van der Waals surface area contributed by atoms with E-state index in [2.05, 4.69) is 0 Å². The molecule has 0 aromatic rings. The maximum Gasteiger partial charge on any atom is 1.00 e. The van der Waals surface area contributed by atoms with Gasteiger partial charge in [-0.15, -0.1) is 0 Å². The van der Waals surface area contributed by atoms with Gasteiger partial charge in [-0.2, -0.15) is 8.42 Å². The van der Waals surface area contributed by atoms with Crippen LogP contribution in [0, 0.1) is 5.92 Å². The Hall–Kier alpha value is 0.810. The van der Waals surface area contributed by atoms with Gasteiger partial charge in [0.05, 0.1) is 5.97 Å². The number of unbranched alkanes of at least 4 members (excludes halogenated alkanes) is 1. The van der Waals surface area contributed by atoms with Gasteiger partial charge < -0.3 is 25.3 Å². The van der Waals surface area contributed by atoms with E-state index in [4.69, 9.17) is 0 Å². The fourth-order valence-corrected chi connectivity index (χ4v) is 3.13. The van der Waals surface area contributed by atoms with Gasteiger partial charge in [-0.1, -0.05) is 39.5 Å². The van der Waals surface area contributed by atoms with E-state index < -0.39 is 39.6 Å². The number of carbonyl (C=O) groups is 2. The molecule has 11 heteroatoms. The third-order valence-corrected chi connectivity index (χ3v) is 4.92. The average Bonchev–Trinajstić information content (AvgIpc) is 2.30. The summed E-state index contributed by atoms with van der Waals surface area (Å²) in [7, 11) is -5.13. The Morgan fingerprint density at radius 3 is 1.91 bits per heavy atom. The van der Waals surface area contributed by atoms with Crippen LogP contribution < -0.4 is 69.3 Å². The fourth-order valence-electron chi connectivity index (χ4n) is 2.17. The predicted octanol–water partition coefficient (Wildman–Crippen LogP) is -7.71. The van der Waals surface area contributed by atoms with E-state index >= 15 is 0 Å². The van der Waals surface area contributed by atoms with Crippen LogP contribution in [0.2, 0.25) is 0 Å². The molecule has 0 aliphatic rings. The van der Waals surface area contributed by atoms with Crippen molar-refractivity contribution in [1.29, 1.82) is 0 Å². The first-order chi connectivity index (χ1) is 9.10. The number of carboxylic acid groups (broad SMARTS) is 2. The summed E-state index contributed by atoms with van der Waals surface area (Å²) in [5, 5.41) is 21.9. The van der Waals surface area contributed by atoms with Gasteiger partial charge in [0.1, 0.15) is 4.75 Å². The summed E-state index contributed by atoms with van der Waals surface area (Å²) in [6, 6.07) is 0. The van der Waals surface area contributed by atoms with Gasteiger partial charge in [0.2, 0.25) is 0 Å². The molecular weight excluding hydrogens is 350 g/mol. The van der Waals surface area contributed by atoms with Crippen molar-refractivity contribution < 1.29 is 97.4 Å². The molecular formula is C12H22Na2O8S. The van der Waals surface area contributed by atoms with Crippen LogP contribution in [0.3, 0.4) is 0 Å². The maximum absolute atomic E-state index is 11.4. The van der Waals surface area contributed by atoms with Crippen LogP contribution >= 0.6 is 0 Å². The Kier molecular flexibility index (Phi) is 19.3. The number of hydrogen-bond acceptors (Lipinski definition) is 6. The molecule has 3 N–H and O–H groups in total. The number of aliphatic carboxylic acids is 2. The molecule has 0 saturated carbocycles. The summed E-state index contributed by atoms with van der Waals surface area (Å²) in [4.78, 5) is 21.9. The number of rotatable bonds is 10. The minimum absolute atomic E-state index is 0. The molecule has 0 amide bonds. The minimum atomic E-state index is -5.13. The first-order valence-electron chi connectivity index (χ1n) is 6.49. The molecule has 0 aromatic carbocycles. The molecule has 2 unspecified atom stereocenters. The van der Waals surface area contributed by atoms with Gasteiger partial charge in [-0.05, 0) is 12.3 Å². The van der Waals surface area contributed by atoms with Crippen LogP contribution in [0.4, 0.5) is 0 Å². The fraction of sp³-hybridized carbons (Fsp3) is 0.833.